The molecule has 0 bridgehead atoms. The van der Waals surface area contributed by atoms with Crippen molar-refractivity contribution in [3.05, 3.63) is 23.2 Å². The van der Waals surface area contributed by atoms with E-state index in [0.717, 1.165) is 0 Å². The van der Waals surface area contributed by atoms with Crippen LogP contribution in [-0.4, -0.2) is 14.8 Å². The number of nitrogens with zero attached hydrogens (tertiary/aromatic N) is 3. The van der Waals surface area contributed by atoms with Gasteiger partial charge in [0.05, 0.1) is 0 Å². The van der Waals surface area contributed by atoms with Gasteiger partial charge in [-0.2, -0.15) is 4.98 Å². The average Bonchev–Trinajstić information content (AvgIpc) is 2.51. The van der Waals surface area contributed by atoms with Gasteiger partial charge in [0.15, 0.2) is 5.82 Å². The van der Waals surface area contributed by atoms with E-state index in [1.807, 2.05) is 0 Å². The fraction of sp³-hybridized carbons (Fsp3) is 0.111. The molecule has 0 radical (unpaired) electrons. The Morgan fingerprint density at radius 1 is 1.33 bits per heavy atom. The molecule has 0 unspecified atom stereocenters. The molecule has 4 N–H and O–H groups in total. The van der Waals surface area contributed by atoms with Crippen molar-refractivity contribution in [3.63, 3.8) is 0 Å². The molecular formula is C9H10ClN5. The number of benzene rings is 1. The summed E-state index contributed by atoms with van der Waals surface area (Å²) in [6.07, 6.45) is 0. The van der Waals surface area contributed by atoms with Crippen LogP contribution in [0.2, 0.25) is 5.02 Å². The number of nitrogens with two attached hydrogens (primary N) is 2. The normalized spacial score (nSPS) is 10.5. The number of hydrogen-bond donors (Lipinski definition) is 2. The lowest BCUT2D eigenvalue weighted by Gasteiger charge is -2.00. The maximum Gasteiger partial charge on any atom is 0.218 e. The van der Waals surface area contributed by atoms with Gasteiger partial charge < -0.3 is 11.5 Å². The van der Waals surface area contributed by atoms with Gasteiger partial charge >= 0.3 is 0 Å². The minimum Gasteiger partial charge on any atom is -0.398 e. The van der Waals surface area contributed by atoms with E-state index in [1.54, 1.807) is 25.2 Å². The van der Waals surface area contributed by atoms with Crippen molar-refractivity contribution in [2.75, 3.05) is 11.5 Å². The molecule has 1 aromatic carbocycles. The number of nitrogen functional groups attached to an aromatic ring is 2. The van der Waals surface area contributed by atoms with Crippen LogP contribution in [0.3, 0.4) is 0 Å². The van der Waals surface area contributed by atoms with E-state index in [1.165, 1.54) is 4.68 Å². The Morgan fingerprint density at radius 2 is 2.07 bits per heavy atom. The Bertz CT molecular complexity index is 486. The molecule has 0 saturated heterocycles. The fourth-order valence-electron chi connectivity index (χ4n) is 1.23. The van der Waals surface area contributed by atoms with Gasteiger partial charge in [0.25, 0.3) is 0 Å². The van der Waals surface area contributed by atoms with Crippen LogP contribution in [0, 0.1) is 0 Å². The van der Waals surface area contributed by atoms with E-state index < -0.39 is 0 Å². The first-order valence-corrected chi connectivity index (χ1v) is 4.67. The van der Waals surface area contributed by atoms with Crippen molar-refractivity contribution >= 4 is 23.2 Å². The fourth-order valence-corrected chi connectivity index (χ4v) is 1.40. The van der Waals surface area contributed by atoms with Crippen molar-refractivity contribution in [1.29, 1.82) is 0 Å². The highest BCUT2D eigenvalue weighted by Gasteiger charge is 2.10. The van der Waals surface area contributed by atoms with Crippen LogP contribution >= 0.6 is 11.6 Å². The van der Waals surface area contributed by atoms with Crippen LogP contribution in [0.15, 0.2) is 18.2 Å². The largest absolute Gasteiger partial charge is 0.398 e. The molecule has 0 atom stereocenters. The Morgan fingerprint density at radius 3 is 2.67 bits per heavy atom. The lowest BCUT2D eigenvalue weighted by molar-refractivity contribution is 0.781. The van der Waals surface area contributed by atoms with E-state index in [-0.39, 0.29) is 0 Å². The van der Waals surface area contributed by atoms with Gasteiger partial charge in [-0.3, -0.25) is 0 Å². The van der Waals surface area contributed by atoms with Gasteiger partial charge in [-0.25, -0.2) is 4.68 Å². The molecule has 0 amide bonds. The zero-order valence-electron chi connectivity index (χ0n) is 8.11. The van der Waals surface area contributed by atoms with Gasteiger partial charge in [-0.15, -0.1) is 5.10 Å². The van der Waals surface area contributed by atoms with Crippen LogP contribution in [0.4, 0.5) is 11.6 Å². The predicted molar refractivity (Wildman–Crippen MR) is 60.3 cm³/mol. The highest BCUT2D eigenvalue weighted by Crippen LogP contribution is 2.26. The van der Waals surface area contributed by atoms with E-state index in [9.17, 15) is 0 Å². The van der Waals surface area contributed by atoms with E-state index >= 15 is 0 Å². The van der Waals surface area contributed by atoms with Crippen LogP contribution < -0.4 is 11.5 Å². The predicted octanol–water partition coefficient (Wildman–Crippen LogP) is 1.30. The highest BCUT2D eigenvalue weighted by molar-refractivity contribution is 6.31. The number of anilines is 2. The van der Waals surface area contributed by atoms with E-state index in [4.69, 9.17) is 23.1 Å². The van der Waals surface area contributed by atoms with Crippen molar-refractivity contribution in [3.8, 4) is 11.4 Å². The molecule has 0 fully saturated rings. The van der Waals surface area contributed by atoms with Crippen molar-refractivity contribution < 1.29 is 0 Å². The standard InChI is InChI=1S/C9H10ClN5/c1-15-9(12)13-8(14-15)6-4-5(10)2-3-7(6)11/h2-4H,11H2,1H3,(H2,12,13,14). The maximum atomic E-state index is 5.86. The van der Waals surface area contributed by atoms with Gasteiger partial charge in [-0.1, -0.05) is 11.6 Å². The first kappa shape index (κ1) is 9.79. The zero-order valence-corrected chi connectivity index (χ0v) is 8.86. The quantitative estimate of drug-likeness (QED) is 0.714. The maximum absolute atomic E-state index is 5.86. The molecule has 1 aromatic heterocycles. The number of hydrogen-bond acceptors (Lipinski definition) is 4. The molecule has 15 heavy (non-hydrogen) atoms. The van der Waals surface area contributed by atoms with Gasteiger partial charge in [0.2, 0.25) is 5.95 Å². The SMILES string of the molecule is Cn1nc(-c2cc(Cl)ccc2N)nc1N. The number of aryl methyl sites for hydroxylation is 1. The van der Waals surface area contributed by atoms with Crippen LogP contribution in [0.1, 0.15) is 0 Å². The molecule has 5 nitrogen and oxygen atoms in total. The highest BCUT2D eigenvalue weighted by atomic mass is 35.5. The summed E-state index contributed by atoms with van der Waals surface area (Å²) in [6, 6.07) is 5.14. The van der Waals surface area contributed by atoms with Crippen molar-refractivity contribution in [1.82, 2.24) is 14.8 Å². The number of rotatable bonds is 1. The van der Waals surface area contributed by atoms with Crippen molar-refractivity contribution in [2.45, 2.75) is 0 Å². The summed E-state index contributed by atoms with van der Waals surface area (Å²) in [5.74, 6) is 0.819. The molecule has 2 aromatic rings. The summed E-state index contributed by atoms with van der Waals surface area (Å²) in [6.45, 7) is 0. The smallest absolute Gasteiger partial charge is 0.218 e. The van der Waals surface area contributed by atoms with Crippen LogP contribution in [-0.2, 0) is 7.05 Å². The second-order valence-corrected chi connectivity index (χ2v) is 3.59. The Labute approximate surface area is 91.7 Å². The molecule has 0 spiro atoms. The molecule has 6 heteroatoms. The molecule has 0 aliphatic rings. The summed E-state index contributed by atoms with van der Waals surface area (Å²) in [5, 5.41) is 4.71. The Hall–Kier alpha value is -1.75. The van der Waals surface area contributed by atoms with Gasteiger partial charge in [0, 0.05) is 23.3 Å². The minimum atomic E-state index is 0.337. The Kier molecular flexibility index (Phi) is 2.24. The minimum absolute atomic E-state index is 0.337. The summed E-state index contributed by atoms with van der Waals surface area (Å²) in [5.41, 5.74) is 12.6. The first-order chi connectivity index (χ1) is 7.08. The first-order valence-electron chi connectivity index (χ1n) is 4.30. The monoisotopic (exact) mass is 223 g/mol. The van der Waals surface area contributed by atoms with E-state index in [2.05, 4.69) is 10.1 Å². The number of aromatic nitrogens is 3. The molecule has 0 aliphatic carbocycles. The van der Waals surface area contributed by atoms with Crippen molar-refractivity contribution in [2.24, 2.45) is 7.05 Å². The lowest BCUT2D eigenvalue weighted by Crippen LogP contribution is -1.97. The third-order valence-corrected chi connectivity index (χ3v) is 2.29. The lowest BCUT2D eigenvalue weighted by atomic mass is 10.2. The summed E-state index contributed by atoms with van der Waals surface area (Å²) in [4.78, 5) is 4.07. The summed E-state index contributed by atoms with van der Waals surface area (Å²) >= 11 is 5.86. The summed E-state index contributed by atoms with van der Waals surface area (Å²) < 4.78 is 1.48. The Balaban J connectivity index is 2.58. The second-order valence-electron chi connectivity index (χ2n) is 3.15. The topological polar surface area (TPSA) is 82.8 Å². The molecular weight excluding hydrogens is 214 g/mol. The van der Waals surface area contributed by atoms with Gasteiger partial charge in [-0.05, 0) is 18.2 Å². The zero-order chi connectivity index (χ0) is 11.0. The third kappa shape index (κ3) is 1.73. The number of halogens is 1. The molecule has 0 saturated carbocycles. The van der Waals surface area contributed by atoms with E-state index in [0.29, 0.717) is 28.0 Å². The molecule has 0 aliphatic heterocycles. The second kappa shape index (κ2) is 3.43. The molecule has 1 heterocycles. The third-order valence-electron chi connectivity index (χ3n) is 2.05. The molecule has 78 valence electrons. The van der Waals surface area contributed by atoms with Gasteiger partial charge in [0.1, 0.15) is 0 Å². The van der Waals surface area contributed by atoms with Crippen LogP contribution in [0.5, 0.6) is 0 Å². The summed E-state index contributed by atoms with van der Waals surface area (Å²) in [7, 11) is 1.71. The van der Waals surface area contributed by atoms with Crippen LogP contribution in [0.25, 0.3) is 11.4 Å². The molecule has 2 rings (SSSR count). The average molecular weight is 224 g/mol.